The molecule has 0 unspecified atom stereocenters. The maximum absolute atomic E-state index is 11.4. The van der Waals surface area contributed by atoms with Crippen molar-refractivity contribution in [2.75, 3.05) is 20.8 Å². The summed E-state index contributed by atoms with van der Waals surface area (Å²) in [7, 11) is 0.433. The van der Waals surface area contributed by atoms with E-state index in [1.165, 1.54) is 14.2 Å². The molecule has 0 saturated heterocycles. The van der Waals surface area contributed by atoms with Crippen molar-refractivity contribution < 1.29 is 18.4 Å². The number of hydrogen-bond donors (Lipinski definition) is 0. The Kier molecular flexibility index (Phi) is 5.67. The highest BCUT2D eigenvalue weighted by molar-refractivity contribution is 6.78. The predicted octanol–water partition coefficient (Wildman–Crippen LogP) is 1.40. The average molecular weight is 218 g/mol. The minimum Gasteiger partial charge on any atom is -0.463 e. The first-order valence-electron chi connectivity index (χ1n) is 4.48. The van der Waals surface area contributed by atoms with Crippen LogP contribution in [-0.2, 0) is 18.4 Å². The van der Waals surface area contributed by atoms with Gasteiger partial charge >= 0.3 is 14.5 Å². The molecule has 0 radical (unpaired) electrons. The van der Waals surface area contributed by atoms with Crippen molar-refractivity contribution in [3.63, 3.8) is 0 Å². The number of ether oxygens (including phenoxy) is 1. The molecule has 0 aliphatic carbocycles. The molecule has 0 aliphatic rings. The third-order valence-corrected chi connectivity index (χ3v) is 4.87. The van der Waals surface area contributed by atoms with Crippen LogP contribution in [0.3, 0.4) is 0 Å². The van der Waals surface area contributed by atoms with Crippen molar-refractivity contribution in [2.45, 2.75) is 19.9 Å². The Bertz CT molecular complexity index is 211. The molecular weight excluding hydrogens is 200 g/mol. The molecule has 0 heterocycles. The third kappa shape index (κ3) is 3.25. The molecule has 0 aromatic carbocycles. The van der Waals surface area contributed by atoms with Crippen molar-refractivity contribution in [1.29, 1.82) is 0 Å². The maximum atomic E-state index is 11.4. The largest absolute Gasteiger partial charge is 0.463 e. The summed E-state index contributed by atoms with van der Waals surface area (Å²) in [6.45, 7) is 7.74. The molecule has 82 valence electrons. The molecule has 0 rings (SSSR count). The lowest BCUT2D eigenvalue weighted by Crippen LogP contribution is -2.42. The molecule has 0 fully saturated rings. The van der Waals surface area contributed by atoms with E-state index in [2.05, 4.69) is 6.58 Å². The van der Waals surface area contributed by atoms with Crippen molar-refractivity contribution >= 4 is 14.5 Å². The van der Waals surface area contributed by atoms with Crippen LogP contribution in [0.25, 0.3) is 0 Å². The topological polar surface area (TPSA) is 44.8 Å². The first kappa shape index (κ1) is 13.3. The summed E-state index contributed by atoms with van der Waals surface area (Å²) in [4.78, 5) is 11.4. The van der Waals surface area contributed by atoms with Crippen LogP contribution in [0.1, 0.15) is 13.3 Å². The standard InChI is InChI=1S/C9H18O4Si/c1-6-7-13-9(10)8(2)14(5,11-3)12-4/h2,6-7H2,1,3-5H3. The normalized spacial score (nSPS) is 11.1. The lowest BCUT2D eigenvalue weighted by atomic mass is 10.5. The number of esters is 1. The van der Waals surface area contributed by atoms with Crippen LogP contribution in [0.2, 0.25) is 6.55 Å². The van der Waals surface area contributed by atoms with Gasteiger partial charge < -0.3 is 13.6 Å². The molecular formula is C9H18O4Si. The van der Waals surface area contributed by atoms with Gasteiger partial charge in [-0.1, -0.05) is 13.5 Å². The molecule has 0 aromatic heterocycles. The molecule has 4 nitrogen and oxygen atoms in total. The predicted molar refractivity (Wildman–Crippen MR) is 56.0 cm³/mol. The molecule has 0 spiro atoms. The van der Waals surface area contributed by atoms with E-state index in [9.17, 15) is 4.79 Å². The minimum absolute atomic E-state index is 0.302. The van der Waals surface area contributed by atoms with Gasteiger partial charge in [0.2, 0.25) is 0 Å². The van der Waals surface area contributed by atoms with Gasteiger partial charge in [0.25, 0.3) is 0 Å². The number of carbonyl (C=O) groups is 1. The summed E-state index contributed by atoms with van der Waals surface area (Å²) in [6.07, 6.45) is 0.789. The van der Waals surface area contributed by atoms with Gasteiger partial charge in [-0.15, -0.1) is 0 Å². The van der Waals surface area contributed by atoms with Crippen LogP contribution < -0.4 is 0 Å². The number of carbonyl (C=O) groups excluding carboxylic acids is 1. The SMILES string of the molecule is C=C(C(=O)OCCC)[Si](C)(OC)OC. The van der Waals surface area contributed by atoms with E-state index < -0.39 is 14.5 Å². The summed E-state index contributed by atoms with van der Waals surface area (Å²) in [5.74, 6) is -0.426. The van der Waals surface area contributed by atoms with E-state index >= 15 is 0 Å². The second-order valence-electron chi connectivity index (χ2n) is 2.97. The zero-order valence-corrected chi connectivity index (χ0v) is 10.3. The zero-order valence-electron chi connectivity index (χ0n) is 9.25. The molecule has 0 amide bonds. The molecule has 0 atom stereocenters. The highest BCUT2D eigenvalue weighted by Crippen LogP contribution is 2.16. The van der Waals surface area contributed by atoms with Crippen LogP contribution in [0.15, 0.2) is 11.8 Å². The Morgan fingerprint density at radius 2 is 1.86 bits per heavy atom. The molecule has 0 N–H and O–H groups in total. The fourth-order valence-corrected chi connectivity index (χ4v) is 1.90. The second-order valence-corrected chi connectivity index (χ2v) is 6.28. The van der Waals surface area contributed by atoms with Gasteiger partial charge in [-0.2, -0.15) is 0 Å². The summed E-state index contributed by atoms with van der Waals surface area (Å²) >= 11 is 0. The summed E-state index contributed by atoms with van der Waals surface area (Å²) in [6, 6.07) is 0. The van der Waals surface area contributed by atoms with Gasteiger partial charge in [-0.3, -0.25) is 0 Å². The van der Waals surface area contributed by atoms with E-state index in [0.717, 1.165) is 6.42 Å². The van der Waals surface area contributed by atoms with Gasteiger partial charge in [0.1, 0.15) is 0 Å². The lowest BCUT2D eigenvalue weighted by molar-refractivity contribution is -0.138. The van der Waals surface area contributed by atoms with Crippen molar-refractivity contribution in [3.05, 3.63) is 11.8 Å². The van der Waals surface area contributed by atoms with E-state index in [0.29, 0.717) is 11.8 Å². The van der Waals surface area contributed by atoms with E-state index in [-0.39, 0.29) is 0 Å². The Morgan fingerprint density at radius 1 is 1.36 bits per heavy atom. The average Bonchev–Trinajstić information content (AvgIpc) is 2.23. The monoisotopic (exact) mass is 218 g/mol. The maximum Gasteiger partial charge on any atom is 0.375 e. The fourth-order valence-electron chi connectivity index (χ4n) is 0.797. The Hall–Kier alpha value is -0.653. The molecule has 0 bridgehead atoms. The van der Waals surface area contributed by atoms with Gasteiger partial charge in [0.15, 0.2) is 0 Å². The minimum atomic E-state index is -2.58. The Balaban J connectivity index is 4.36. The van der Waals surface area contributed by atoms with E-state index in [1.807, 2.05) is 6.92 Å². The number of hydrogen-bond acceptors (Lipinski definition) is 4. The molecule has 5 heteroatoms. The first-order chi connectivity index (χ1) is 6.51. The number of rotatable bonds is 6. The van der Waals surface area contributed by atoms with E-state index in [1.54, 1.807) is 6.55 Å². The van der Waals surface area contributed by atoms with Crippen molar-refractivity contribution in [2.24, 2.45) is 0 Å². The molecule has 0 aromatic rings. The second kappa shape index (κ2) is 5.95. The quantitative estimate of drug-likeness (QED) is 0.384. The molecule has 0 saturated carbocycles. The first-order valence-corrected chi connectivity index (χ1v) is 6.80. The van der Waals surface area contributed by atoms with Crippen LogP contribution in [0.4, 0.5) is 0 Å². The summed E-state index contributed by atoms with van der Waals surface area (Å²) in [5, 5.41) is 0.302. The van der Waals surface area contributed by atoms with Crippen molar-refractivity contribution in [1.82, 2.24) is 0 Å². The van der Waals surface area contributed by atoms with E-state index in [4.69, 9.17) is 13.6 Å². The summed E-state index contributed by atoms with van der Waals surface area (Å²) < 4.78 is 15.3. The zero-order chi connectivity index (χ0) is 11.2. The van der Waals surface area contributed by atoms with Crippen LogP contribution in [0, 0.1) is 0 Å². The summed E-state index contributed by atoms with van der Waals surface area (Å²) in [5.41, 5.74) is 0. The molecule has 0 aliphatic heterocycles. The van der Waals surface area contributed by atoms with Gasteiger partial charge in [0.05, 0.1) is 11.8 Å². The van der Waals surface area contributed by atoms with Gasteiger partial charge in [-0.25, -0.2) is 4.79 Å². The fraction of sp³-hybridized carbons (Fsp3) is 0.667. The van der Waals surface area contributed by atoms with Crippen LogP contribution in [-0.4, -0.2) is 35.4 Å². The van der Waals surface area contributed by atoms with Gasteiger partial charge in [-0.05, 0) is 13.0 Å². The smallest absolute Gasteiger partial charge is 0.375 e. The highest BCUT2D eigenvalue weighted by Gasteiger charge is 2.38. The van der Waals surface area contributed by atoms with Crippen LogP contribution >= 0.6 is 0 Å². The molecule has 14 heavy (non-hydrogen) atoms. The van der Waals surface area contributed by atoms with Crippen molar-refractivity contribution in [3.8, 4) is 0 Å². The highest BCUT2D eigenvalue weighted by atomic mass is 28.4. The lowest BCUT2D eigenvalue weighted by Gasteiger charge is -2.23. The third-order valence-electron chi connectivity index (χ3n) is 2.01. The van der Waals surface area contributed by atoms with Crippen LogP contribution in [0.5, 0.6) is 0 Å². The Morgan fingerprint density at radius 3 is 2.21 bits per heavy atom. The van der Waals surface area contributed by atoms with Gasteiger partial charge in [0, 0.05) is 14.2 Å². The Labute approximate surface area is 86.1 Å².